The third kappa shape index (κ3) is 5.25. The van der Waals surface area contributed by atoms with Gasteiger partial charge >= 0.3 is 0 Å². The first-order chi connectivity index (χ1) is 11.6. The van der Waals surface area contributed by atoms with Crippen LogP contribution >= 0.6 is 11.8 Å². The fraction of sp³-hybridized carbons (Fsp3) is 0.100. The molecule has 0 saturated heterocycles. The van der Waals surface area contributed by atoms with Crippen LogP contribution in [-0.2, 0) is 4.79 Å². The molecule has 1 heterocycles. The van der Waals surface area contributed by atoms with E-state index in [4.69, 9.17) is 5.73 Å². The van der Waals surface area contributed by atoms with E-state index in [1.54, 1.807) is 0 Å². The summed E-state index contributed by atoms with van der Waals surface area (Å²) < 4.78 is 0. The fourth-order valence-corrected chi connectivity index (χ4v) is 2.71. The van der Waals surface area contributed by atoms with Gasteiger partial charge in [0.05, 0.1) is 16.5 Å². The van der Waals surface area contributed by atoms with E-state index in [9.17, 15) is 4.79 Å². The Morgan fingerprint density at radius 3 is 2.67 bits per heavy atom. The summed E-state index contributed by atoms with van der Waals surface area (Å²) in [5.74, 6) is -0.161. The summed E-state index contributed by atoms with van der Waals surface area (Å²) in [6.45, 7) is 6.08. The van der Waals surface area contributed by atoms with Gasteiger partial charge in [-0.25, -0.2) is 4.98 Å². The second kappa shape index (κ2) is 8.89. The van der Waals surface area contributed by atoms with E-state index in [1.165, 1.54) is 11.8 Å². The summed E-state index contributed by atoms with van der Waals surface area (Å²) >= 11 is 1.33. The van der Waals surface area contributed by atoms with Gasteiger partial charge in [0, 0.05) is 5.56 Å². The van der Waals surface area contributed by atoms with Gasteiger partial charge in [0.25, 0.3) is 0 Å². The Balaban J connectivity index is 2.40. The van der Waals surface area contributed by atoms with E-state index in [0.29, 0.717) is 0 Å². The SMILES string of the molecule is C=C(/C=C\C=C/C)c1cc(SCC(N)=O)nc(-c2ccccc2)c1. The van der Waals surface area contributed by atoms with Crippen LogP contribution < -0.4 is 5.73 Å². The van der Waals surface area contributed by atoms with Gasteiger partial charge in [0.15, 0.2) is 0 Å². The normalized spacial score (nSPS) is 11.2. The van der Waals surface area contributed by atoms with Crippen LogP contribution in [0.15, 0.2) is 78.4 Å². The summed E-state index contributed by atoms with van der Waals surface area (Å²) in [5, 5.41) is 0.755. The molecule has 0 aliphatic carbocycles. The number of nitrogens with two attached hydrogens (primary N) is 1. The maximum atomic E-state index is 11.1. The van der Waals surface area contributed by atoms with Gasteiger partial charge < -0.3 is 5.73 Å². The minimum Gasteiger partial charge on any atom is -0.369 e. The van der Waals surface area contributed by atoms with Crippen molar-refractivity contribution in [1.29, 1.82) is 0 Å². The molecule has 24 heavy (non-hydrogen) atoms. The van der Waals surface area contributed by atoms with E-state index in [1.807, 2.05) is 73.7 Å². The number of amides is 1. The molecule has 0 atom stereocenters. The number of aromatic nitrogens is 1. The van der Waals surface area contributed by atoms with Crippen LogP contribution in [0, 0.1) is 0 Å². The van der Waals surface area contributed by atoms with Crippen molar-refractivity contribution in [3.05, 3.63) is 78.9 Å². The molecule has 0 unspecified atom stereocenters. The molecule has 0 spiro atoms. The summed E-state index contributed by atoms with van der Waals surface area (Å²) in [6.07, 6.45) is 7.81. The van der Waals surface area contributed by atoms with Crippen LogP contribution in [0.3, 0.4) is 0 Å². The monoisotopic (exact) mass is 336 g/mol. The van der Waals surface area contributed by atoms with E-state index < -0.39 is 0 Å². The van der Waals surface area contributed by atoms with Gasteiger partial charge in [0.1, 0.15) is 0 Å². The number of hydrogen-bond acceptors (Lipinski definition) is 3. The zero-order valence-electron chi connectivity index (χ0n) is 13.6. The Labute approximate surface area is 147 Å². The van der Waals surface area contributed by atoms with Gasteiger partial charge in [-0.05, 0) is 30.2 Å². The molecule has 0 radical (unpaired) electrons. The average Bonchev–Trinajstić information content (AvgIpc) is 2.60. The van der Waals surface area contributed by atoms with Crippen molar-refractivity contribution in [2.75, 3.05) is 5.75 Å². The smallest absolute Gasteiger partial charge is 0.227 e. The molecule has 2 rings (SSSR count). The van der Waals surface area contributed by atoms with Crippen molar-refractivity contribution >= 4 is 23.2 Å². The lowest BCUT2D eigenvalue weighted by Gasteiger charge is -2.09. The Morgan fingerprint density at radius 2 is 2.00 bits per heavy atom. The van der Waals surface area contributed by atoms with Crippen LogP contribution in [0.5, 0.6) is 0 Å². The Kier molecular flexibility index (Phi) is 6.58. The summed E-state index contributed by atoms with van der Waals surface area (Å²) in [7, 11) is 0. The van der Waals surface area contributed by atoms with E-state index in [0.717, 1.165) is 27.4 Å². The molecule has 1 aromatic heterocycles. The standard InChI is InChI=1S/C20H20N2OS/c1-3-4-6-9-15(2)17-12-18(16-10-7-5-8-11-16)22-20(13-17)24-14-19(21)23/h3-13H,2,14H2,1H3,(H2,21,23)/b4-3-,9-6-. The third-order valence-corrected chi connectivity index (χ3v) is 4.14. The second-order valence-corrected chi connectivity index (χ2v) is 6.11. The molecule has 1 aromatic carbocycles. The lowest BCUT2D eigenvalue weighted by Crippen LogP contribution is -2.13. The van der Waals surface area contributed by atoms with Gasteiger partial charge in [0.2, 0.25) is 5.91 Å². The number of allylic oxidation sites excluding steroid dienone is 5. The first-order valence-electron chi connectivity index (χ1n) is 7.57. The molecule has 122 valence electrons. The van der Waals surface area contributed by atoms with Crippen LogP contribution in [0.2, 0.25) is 0 Å². The van der Waals surface area contributed by atoms with Crippen LogP contribution in [0.1, 0.15) is 12.5 Å². The average molecular weight is 336 g/mol. The van der Waals surface area contributed by atoms with Crippen LogP contribution in [0.4, 0.5) is 0 Å². The Hall–Kier alpha value is -2.59. The summed E-state index contributed by atoms with van der Waals surface area (Å²) in [6, 6.07) is 13.9. The summed E-state index contributed by atoms with van der Waals surface area (Å²) in [5.41, 5.74) is 8.96. The molecule has 1 amide bonds. The van der Waals surface area contributed by atoms with Gasteiger partial charge in [-0.1, -0.05) is 73.0 Å². The molecule has 0 fully saturated rings. The molecule has 0 aliphatic rings. The van der Waals surface area contributed by atoms with Crippen LogP contribution in [0.25, 0.3) is 16.8 Å². The van der Waals surface area contributed by atoms with Gasteiger partial charge in [-0.3, -0.25) is 4.79 Å². The quantitative estimate of drug-likeness (QED) is 0.599. The molecule has 0 aliphatic heterocycles. The highest BCUT2D eigenvalue weighted by atomic mass is 32.2. The molecule has 0 bridgehead atoms. The zero-order valence-corrected chi connectivity index (χ0v) is 14.4. The second-order valence-electron chi connectivity index (χ2n) is 5.11. The van der Waals surface area contributed by atoms with Crippen LogP contribution in [-0.4, -0.2) is 16.6 Å². The number of thioether (sulfide) groups is 1. The largest absolute Gasteiger partial charge is 0.369 e. The number of carbonyl (C=O) groups excluding carboxylic acids is 1. The molecule has 2 N–H and O–H groups in total. The Morgan fingerprint density at radius 1 is 1.25 bits per heavy atom. The highest BCUT2D eigenvalue weighted by Crippen LogP contribution is 2.27. The highest BCUT2D eigenvalue weighted by Gasteiger charge is 2.08. The molecular weight excluding hydrogens is 316 g/mol. The molecular formula is C20H20N2OS. The number of benzene rings is 1. The highest BCUT2D eigenvalue weighted by molar-refractivity contribution is 7.99. The first-order valence-corrected chi connectivity index (χ1v) is 8.56. The topological polar surface area (TPSA) is 56.0 Å². The number of pyridine rings is 1. The van der Waals surface area contributed by atoms with Crippen molar-refractivity contribution in [1.82, 2.24) is 4.98 Å². The van der Waals surface area contributed by atoms with Gasteiger partial charge in [-0.2, -0.15) is 0 Å². The van der Waals surface area contributed by atoms with E-state index >= 15 is 0 Å². The molecule has 4 heteroatoms. The van der Waals surface area contributed by atoms with E-state index in [2.05, 4.69) is 11.6 Å². The maximum absolute atomic E-state index is 11.1. The number of hydrogen-bond donors (Lipinski definition) is 1. The maximum Gasteiger partial charge on any atom is 0.227 e. The number of carbonyl (C=O) groups is 1. The lowest BCUT2D eigenvalue weighted by atomic mass is 10.0. The Bertz CT molecular complexity index is 779. The zero-order chi connectivity index (χ0) is 17.4. The van der Waals surface area contributed by atoms with Crippen molar-refractivity contribution < 1.29 is 4.79 Å². The minimum absolute atomic E-state index is 0.200. The third-order valence-electron chi connectivity index (χ3n) is 3.21. The molecule has 0 saturated carbocycles. The number of nitrogens with zero attached hydrogens (tertiary/aromatic N) is 1. The predicted octanol–water partition coefficient (Wildman–Crippen LogP) is 4.47. The van der Waals surface area contributed by atoms with Crippen molar-refractivity contribution in [3.8, 4) is 11.3 Å². The molecule has 3 nitrogen and oxygen atoms in total. The predicted molar refractivity (Wildman–Crippen MR) is 103 cm³/mol. The van der Waals surface area contributed by atoms with Gasteiger partial charge in [-0.15, -0.1) is 0 Å². The number of rotatable bonds is 7. The summed E-state index contributed by atoms with van der Waals surface area (Å²) in [4.78, 5) is 15.7. The number of primary amides is 1. The molecule has 2 aromatic rings. The first kappa shape index (κ1) is 17.8. The van der Waals surface area contributed by atoms with E-state index in [-0.39, 0.29) is 11.7 Å². The van der Waals surface area contributed by atoms with Crippen molar-refractivity contribution in [2.24, 2.45) is 5.73 Å². The van der Waals surface area contributed by atoms with Crippen molar-refractivity contribution in [2.45, 2.75) is 11.9 Å². The lowest BCUT2D eigenvalue weighted by molar-refractivity contribution is -0.115. The minimum atomic E-state index is -0.361. The fourth-order valence-electron chi connectivity index (χ4n) is 2.05. The van der Waals surface area contributed by atoms with Crippen molar-refractivity contribution in [3.63, 3.8) is 0 Å².